The van der Waals surface area contributed by atoms with E-state index in [-0.39, 0.29) is 45.9 Å². The molecule has 0 saturated carbocycles. The number of nitrogens with zero attached hydrogens (tertiary/aromatic N) is 4. The van der Waals surface area contributed by atoms with Crippen molar-refractivity contribution in [1.29, 1.82) is 0 Å². The first-order chi connectivity index (χ1) is 14.9. The van der Waals surface area contributed by atoms with Crippen LogP contribution in [0.4, 0.5) is 22.7 Å². The van der Waals surface area contributed by atoms with E-state index in [2.05, 4.69) is 20.5 Å². The zero-order valence-corrected chi connectivity index (χ0v) is 19.8. The summed E-state index contributed by atoms with van der Waals surface area (Å²) in [5, 5.41) is 27.8. The topological polar surface area (TPSA) is 124 Å². The average molecular weight is 455 g/mol. The van der Waals surface area contributed by atoms with Crippen molar-refractivity contribution in [3.05, 3.63) is 84.9 Å². The molecule has 0 unspecified atom stereocenters. The Morgan fingerprint density at radius 1 is 0.625 bits per heavy atom. The summed E-state index contributed by atoms with van der Waals surface area (Å²) >= 11 is 0. The van der Waals surface area contributed by atoms with Crippen molar-refractivity contribution in [2.45, 2.75) is 4.90 Å². The summed E-state index contributed by atoms with van der Waals surface area (Å²) in [6.45, 7) is 0. The van der Waals surface area contributed by atoms with Crippen LogP contribution in [0.25, 0.3) is 10.8 Å². The van der Waals surface area contributed by atoms with Crippen molar-refractivity contribution >= 4 is 73.2 Å². The average Bonchev–Trinajstić information content (AvgIpc) is 2.77. The van der Waals surface area contributed by atoms with Gasteiger partial charge in [-0.1, -0.05) is 30.3 Å². The van der Waals surface area contributed by atoms with Gasteiger partial charge in [0.05, 0.1) is 27.6 Å². The summed E-state index contributed by atoms with van der Waals surface area (Å²) < 4.78 is 31.8. The van der Waals surface area contributed by atoms with E-state index in [1.165, 1.54) is 30.3 Å². The van der Waals surface area contributed by atoms with Gasteiger partial charge in [0.1, 0.15) is 5.75 Å². The third-order valence-corrected chi connectivity index (χ3v) is 5.24. The fraction of sp³-hybridized carbons (Fsp3) is 0. The maximum atomic E-state index is 11.3. The maximum absolute atomic E-state index is 11.3. The predicted octanol–water partition coefficient (Wildman–Crippen LogP) is 6.24. The van der Waals surface area contributed by atoms with E-state index >= 15 is 0 Å². The standard InChI is InChI=1S/C22H16N4O4S.Na/c27-17-10-8-15(9-11-17)23-25-21-12-13-22(20-7-2-1-6-19(20)21)26-24-16-4-3-5-18(14-16)31(28,29)30;/h1-14,27H,(H,28,29,30);. The van der Waals surface area contributed by atoms with Crippen molar-refractivity contribution in [2.75, 3.05) is 0 Å². The molecule has 1 radical (unpaired) electrons. The Kier molecular flexibility index (Phi) is 7.49. The molecule has 4 aromatic rings. The third kappa shape index (κ3) is 5.64. The first kappa shape index (κ1) is 23.7. The van der Waals surface area contributed by atoms with E-state index in [9.17, 15) is 18.1 Å². The largest absolute Gasteiger partial charge is 0.508 e. The van der Waals surface area contributed by atoms with Gasteiger partial charge in [0.15, 0.2) is 0 Å². The van der Waals surface area contributed by atoms with Crippen LogP contribution in [0.3, 0.4) is 0 Å². The number of benzene rings is 4. The molecule has 0 bridgehead atoms. The maximum Gasteiger partial charge on any atom is 0.294 e. The number of hydrogen-bond donors (Lipinski definition) is 2. The number of rotatable bonds is 5. The first-order valence-electron chi connectivity index (χ1n) is 9.12. The van der Waals surface area contributed by atoms with Crippen molar-refractivity contribution in [3.63, 3.8) is 0 Å². The van der Waals surface area contributed by atoms with E-state index in [1.807, 2.05) is 24.3 Å². The number of hydrogen-bond acceptors (Lipinski definition) is 7. The molecule has 0 aliphatic heterocycles. The zero-order valence-electron chi connectivity index (χ0n) is 17.0. The molecule has 4 rings (SSSR count). The van der Waals surface area contributed by atoms with E-state index in [4.69, 9.17) is 0 Å². The van der Waals surface area contributed by atoms with Gasteiger partial charge in [0, 0.05) is 40.3 Å². The summed E-state index contributed by atoms with van der Waals surface area (Å²) in [6.07, 6.45) is 0. The minimum atomic E-state index is -4.32. The number of fused-ring (bicyclic) bond motifs is 1. The molecule has 0 aromatic heterocycles. The second kappa shape index (κ2) is 10.1. The number of phenols is 1. The van der Waals surface area contributed by atoms with Crippen LogP contribution < -0.4 is 0 Å². The molecule has 0 atom stereocenters. The number of azo groups is 2. The molecule has 32 heavy (non-hydrogen) atoms. The molecular formula is C22H16N4NaO4S. The second-order valence-corrected chi connectivity index (χ2v) is 7.96. The normalized spacial score (nSPS) is 11.8. The van der Waals surface area contributed by atoms with Crippen molar-refractivity contribution in [2.24, 2.45) is 20.5 Å². The van der Waals surface area contributed by atoms with Crippen LogP contribution >= 0.6 is 0 Å². The molecule has 0 heterocycles. The molecule has 0 aliphatic carbocycles. The minimum Gasteiger partial charge on any atom is -0.508 e. The van der Waals surface area contributed by atoms with Crippen molar-refractivity contribution < 1.29 is 18.1 Å². The molecule has 0 fully saturated rings. The second-order valence-electron chi connectivity index (χ2n) is 6.54. The molecule has 0 saturated heterocycles. The van der Waals surface area contributed by atoms with Crippen molar-refractivity contribution in [1.82, 2.24) is 0 Å². The van der Waals surface area contributed by atoms with Crippen LogP contribution in [0.1, 0.15) is 0 Å². The van der Waals surface area contributed by atoms with Gasteiger partial charge in [-0.25, -0.2) is 0 Å². The summed E-state index contributed by atoms with van der Waals surface area (Å²) in [5.41, 5.74) is 2.09. The fourth-order valence-electron chi connectivity index (χ4n) is 2.89. The summed E-state index contributed by atoms with van der Waals surface area (Å²) in [4.78, 5) is -0.251. The van der Waals surface area contributed by atoms with Crippen LogP contribution in [0.2, 0.25) is 0 Å². The van der Waals surface area contributed by atoms with Crippen LogP contribution in [0.5, 0.6) is 5.75 Å². The summed E-state index contributed by atoms with van der Waals surface area (Å²) in [7, 11) is -4.32. The van der Waals surface area contributed by atoms with Crippen LogP contribution in [-0.2, 0) is 10.1 Å². The van der Waals surface area contributed by atoms with E-state index in [1.54, 1.807) is 30.3 Å². The Morgan fingerprint density at radius 2 is 1.19 bits per heavy atom. The molecule has 0 spiro atoms. The molecule has 155 valence electrons. The Labute approximate surface area is 206 Å². The Morgan fingerprint density at radius 3 is 1.75 bits per heavy atom. The molecule has 10 heteroatoms. The van der Waals surface area contributed by atoms with Crippen LogP contribution in [0.15, 0.2) is 110 Å². The van der Waals surface area contributed by atoms with Gasteiger partial charge >= 0.3 is 0 Å². The quantitative estimate of drug-likeness (QED) is 0.210. The third-order valence-electron chi connectivity index (χ3n) is 4.39. The molecule has 4 aromatic carbocycles. The van der Waals surface area contributed by atoms with E-state index < -0.39 is 10.1 Å². The minimum absolute atomic E-state index is 0. The predicted molar refractivity (Wildman–Crippen MR) is 122 cm³/mol. The van der Waals surface area contributed by atoms with E-state index in [0.29, 0.717) is 17.1 Å². The van der Waals surface area contributed by atoms with Gasteiger partial charge in [0.2, 0.25) is 0 Å². The Hall–Kier alpha value is -2.95. The SMILES string of the molecule is O=S(=O)(O)c1cccc(N=Nc2ccc(N=Nc3ccc(O)cc3)c3ccccc23)c1.[Na]. The monoisotopic (exact) mass is 455 g/mol. The van der Waals surface area contributed by atoms with Crippen molar-refractivity contribution in [3.8, 4) is 5.75 Å². The van der Waals surface area contributed by atoms with Gasteiger partial charge < -0.3 is 5.11 Å². The zero-order chi connectivity index (χ0) is 21.8. The van der Waals surface area contributed by atoms with Gasteiger partial charge in [-0.2, -0.15) is 18.6 Å². The van der Waals surface area contributed by atoms with Gasteiger partial charge in [-0.3, -0.25) is 4.55 Å². The summed E-state index contributed by atoms with van der Waals surface area (Å²) in [6, 6.07) is 22.9. The molecular weight excluding hydrogens is 439 g/mol. The fourth-order valence-corrected chi connectivity index (χ4v) is 3.41. The molecule has 0 amide bonds. The molecule has 8 nitrogen and oxygen atoms in total. The van der Waals surface area contributed by atoms with Crippen LogP contribution in [-0.4, -0.2) is 47.6 Å². The van der Waals surface area contributed by atoms with Gasteiger partial charge in [-0.15, -0.1) is 10.2 Å². The van der Waals surface area contributed by atoms with Crippen LogP contribution in [0, 0.1) is 0 Å². The number of aromatic hydroxyl groups is 1. The molecule has 2 N–H and O–H groups in total. The summed E-state index contributed by atoms with van der Waals surface area (Å²) in [5.74, 6) is 0.154. The Bertz CT molecular complexity index is 1420. The first-order valence-corrected chi connectivity index (χ1v) is 10.6. The molecule has 0 aliphatic rings. The smallest absolute Gasteiger partial charge is 0.294 e. The van der Waals surface area contributed by atoms with E-state index in [0.717, 1.165) is 10.8 Å². The Balaban J connectivity index is 0.00000289. The van der Waals surface area contributed by atoms with Gasteiger partial charge in [0.25, 0.3) is 10.1 Å². The number of phenolic OH excluding ortho intramolecular Hbond substituents is 1. The van der Waals surface area contributed by atoms with Gasteiger partial charge in [-0.05, 0) is 54.6 Å².